The molecule has 0 aliphatic carbocycles. The number of aryl methyl sites for hydroxylation is 1. The minimum Gasteiger partial charge on any atom is -0.349 e. The third-order valence-corrected chi connectivity index (χ3v) is 3.38. The Labute approximate surface area is 105 Å². The average molecular weight is 251 g/mol. The van der Waals surface area contributed by atoms with Crippen molar-refractivity contribution in [2.24, 2.45) is 0 Å². The first-order chi connectivity index (χ1) is 8.24. The van der Waals surface area contributed by atoms with E-state index >= 15 is 0 Å². The molecule has 2 rings (SSSR count). The van der Waals surface area contributed by atoms with Crippen LogP contribution in [0.3, 0.4) is 0 Å². The summed E-state index contributed by atoms with van der Waals surface area (Å²) in [5.41, 5.74) is 2.06. The lowest BCUT2D eigenvalue weighted by atomic mass is 10.2. The van der Waals surface area contributed by atoms with Crippen molar-refractivity contribution in [3.8, 4) is 0 Å². The van der Waals surface area contributed by atoms with Crippen LogP contribution in [0.15, 0.2) is 18.2 Å². The van der Waals surface area contributed by atoms with Gasteiger partial charge in [-0.3, -0.25) is 0 Å². The summed E-state index contributed by atoms with van der Waals surface area (Å²) < 4.78 is 12.4. The van der Waals surface area contributed by atoms with E-state index in [2.05, 4.69) is 23.2 Å². The summed E-state index contributed by atoms with van der Waals surface area (Å²) in [6.07, 6.45) is -0.281. The number of hydrogen-bond donors (Lipinski definition) is 0. The van der Waals surface area contributed by atoms with Crippen LogP contribution in [0.1, 0.15) is 30.7 Å². The first-order valence-corrected chi connectivity index (χ1v) is 6.66. The molecule has 2 aromatic rings. The van der Waals surface area contributed by atoms with Crippen LogP contribution in [-0.2, 0) is 9.47 Å². The lowest BCUT2D eigenvalue weighted by Gasteiger charge is -2.16. The van der Waals surface area contributed by atoms with Gasteiger partial charge in [0.2, 0.25) is 0 Å². The molecule has 0 spiro atoms. The molecule has 3 nitrogen and oxygen atoms in total. The normalized spacial score (nSPS) is 11.5. The van der Waals surface area contributed by atoms with Gasteiger partial charge in [0.15, 0.2) is 6.29 Å². The lowest BCUT2D eigenvalue weighted by Crippen LogP contribution is -2.08. The minimum absolute atomic E-state index is 0.281. The van der Waals surface area contributed by atoms with Crippen LogP contribution in [0.25, 0.3) is 10.2 Å². The number of aromatic nitrogens is 1. The smallest absolute Gasteiger partial charge is 0.183 e. The fraction of sp³-hybridized carbons (Fsp3) is 0.462. The molecule has 1 heterocycles. The standard InChI is InChI=1S/C13H17NO2S/c1-4-15-13(16-5-2)10-6-7-12-11(8-10)14-9(3)17-12/h6-8,13H,4-5H2,1-3H3. The fourth-order valence-corrected chi connectivity index (χ4v) is 2.56. The Kier molecular flexibility index (Phi) is 4.10. The largest absolute Gasteiger partial charge is 0.349 e. The van der Waals surface area contributed by atoms with Gasteiger partial charge in [-0.15, -0.1) is 11.3 Å². The Balaban J connectivity index is 2.32. The maximum Gasteiger partial charge on any atom is 0.183 e. The molecule has 0 fully saturated rings. The number of nitrogens with zero attached hydrogens (tertiary/aromatic N) is 1. The van der Waals surface area contributed by atoms with Crippen LogP contribution in [-0.4, -0.2) is 18.2 Å². The van der Waals surface area contributed by atoms with Crippen molar-refractivity contribution < 1.29 is 9.47 Å². The Hall–Kier alpha value is -0.970. The SMILES string of the molecule is CCOC(OCC)c1ccc2sc(C)nc2c1. The molecule has 0 saturated heterocycles. The van der Waals surface area contributed by atoms with Crippen LogP contribution >= 0.6 is 11.3 Å². The second kappa shape index (κ2) is 5.58. The molecule has 92 valence electrons. The third kappa shape index (κ3) is 2.83. The number of ether oxygens (including phenoxy) is 2. The van der Waals surface area contributed by atoms with E-state index in [0.29, 0.717) is 13.2 Å². The van der Waals surface area contributed by atoms with Gasteiger partial charge in [0.1, 0.15) is 0 Å². The van der Waals surface area contributed by atoms with E-state index in [9.17, 15) is 0 Å². The molecule has 0 unspecified atom stereocenters. The molecule has 0 aliphatic heterocycles. The van der Waals surface area contributed by atoms with Crippen molar-refractivity contribution in [1.82, 2.24) is 4.98 Å². The van der Waals surface area contributed by atoms with Gasteiger partial charge in [-0.1, -0.05) is 6.07 Å². The molecule has 4 heteroatoms. The predicted octanol–water partition coefficient (Wildman–Crippen LogP) is 3.68. The molecule has 0 bridgehead atoms. The molecule has 0 saturated carbocycles. The topological polar surface area (TPSA) is 31.4 Å². The van der Waals surface area contributed by atoms with Crippen molar-refractivity contribution >= 4 is 21.6 Å². The Morgan fingerprint density at radius 2 is 1.94 bits per heavy atom. The maximum atomic E-state index is 5.58. The summed E-state index contributed by atoms with van der Waals surface area (Å²) in [5.74, 6) is 0. The van der Waals surface area contributed by atoms with E-state index in [0.717, 1.165) is 16.1 Å². The molecule has 17 heavy (non-hydrogen) atoms. The highest BCUT2D eigenvalue weighted by Crippen LogP contribution is 2.26. The zero-order valence-electron chi connectivity index (χ0n) is 10.4. The number of hydrogen-bond acceptors (Lipinski definition) is 4. The number of benzene rings is 1. The van der Waals surface area contributed by atoms with Gasteiger partial charge in [-0.05, 0) is 32.9 Å². The van der Waals surface area contributed by atoms with E-state index < -0.39 is 0 Å². The van der Waals surface area contributed by atoms with Gasteiger partial charge in [0.05, 0.1) is 15.2 Å². The van der Waals surface area contributed by atoms with Crippen LogP contribution in [0.2, 0.25) is 0 Å². The number of fused-ring (bicyclic) bond motifs is 1. The monoisotopic (exact) mass is 251 g/mol. The molecule has 0 amide bonds. The zero-order valence-corrected chi connectivity index (χ0v) is 11.2. The molecule has 0 N–H and O–H groups in total. The van der Waals surface area contributed by atoms with Gasteiger partial charge in [0.25, 0.3) is 0 Å². The molecule has 1 aromatic carbocycles. The second-order valence-electron chi connectivity index (χ2n) is 3.70. The summed E-state index contributed by atoms with van der Waals surface area (Å²) in [4.78, 5) is 4.48. The Morgan fingerprint density at radius 3 is 2.59 bits per heavy atom. The number of rotatable bonds is 5. The second-order valence-corrected chi connectivity index (χ2v) is 4.94. The highest BCUT2D eigenvalue weighted by atomic mass is 32.1. The average Bonchev–Trinajstić information content (AvgIpc) is 2.67. The van der Waals surface area contributed by atoms with E-state index in [1.54, 1.807) is 11.3 Å². The third-order valence-electron chi connectivity index (χ3n) is 2.43. The van der Waals surface area contributed by atoms with Gasteiger partial charge in [-0.25, -0.2) is 4.98 Å². The zero-order chi connectivity index (χ0) is 12.3. The first kappa shape index (κ1) is 12.5. The fourth-order valence-electron chi connectivity index (χ4n) is 1.75. The highest BCUT2D eigenvalue weighted by molar-refractivity contribution is 7.18. The van der Waals surface area contributed by atoms with Crippen molar-refractivity contribution in [2.45, 2.75) is 27.1 Å². The summed E-state index contributed by atoms with van der Waals surface area (Å²) in [6.45, 7) is 7.24. The van der Waals surface area contributed by atoms with Crippen LogP contribution < -0.4 is 0 Å². The maximum absolute atomic E-state index is 5.58. The molecule has 0 aliphatic rings. The van der Waals surface area contributed by atoms with Crippen molar-refractivity contribution in [3.63, 3.8) is 0 Å². The van der Waals surface area contributed by atoms with Crippen LogP contribution in [0.5, 0.6) is 0 Å². The number of thiazole rings is 1. The summed E-state index contributed by atoms with van der Waals surface area (Å²) in [7, 11) is 0. The molecule has 1 aromatic heterocycles. The van der Waals surface area contributed by atoms with E-state index in [4.69, 9.17) is 9.47 Å². The van der Waals surface area contributed by atoms with E-state index in [1.807, 2.05) is 20.8 Å². The predicted molar refractivity (Wildman–Crippen MR) is 70.4 cm³/mol. The first-order valence-electron chi connectivity index (χ1n) is 5.85. The van der Waals surface area contributed by atoms with Gasteiger partial charge < -0.3 is 9.47 Å². The minimum atomic E-state index is -0.281. The van der Waals surface area contributed by atoms with Crippen LogP contribution in [0, 0.1) is 6.92 Å². The lowest BCUT2D eigenvalue weighted by molar-refractivity contribution is -0.140. The Bertz CT molecular complexity index is 489. The summed E-state index contributed by atoms with van der Waals surface area (Å²) in [5, 5.41) is 1.08. The Morgan fingerprint density at radius 1 is 1.24 bits per heavy atom. The summed E-state index contributed by atoms with van der Waals surface area (Å²) in [6, 6.07) is 6.19. The summed E-state index contributed by atoms with van der Waals surface area (Å²) >= 11 is 1.71. The van der Waals surface area contributed by atoms with Gasteiger partial charge >= 0.3 is 0 Å². The molecule has 0 atom stereocenters. The van der Waals surface area contributed by atoms with E-state index in [-0.39, 0.29) is 6.29 Å². The molecular formula is C13H17NO2S. The van der Waals surface area contributed by atoms with Crippen molar-refractivity contribution in [1.29, 1.82) is 0 Å². The van der Waals surface area contributed by atoms with E-state index in [1.165, 1.54) is 4.70 Å². The highest BCUT2D eigenvalue weighted by Gasteiger charge is 2.12. The van der Waals surface area contributed by atoms with Gasteiger partial charge in [-0.2, -0.15) is 0 Å². The molecular weight excluding hydrogens is 234 g/mol. The quantitative estimate of drug-likeness (QED) is 0.760. The van der Waals surface area contributed by atoms with Gasteiger partial charge in [0, 0.05) is 18.8 Å². The van der Waals surface area contributed by atoms with Crippen molar-refractivity contribution in [2.75, 3.05) is 13.2 Å². The van der Waals surface area contributed by atoms with Crippen LogP contribution in [0.4, 0.5) is 0 Å². The molecule has 0 radical (unpaired) electrons. The van der Waals surface area contributed by atoms with Crippen molar-refractivity contribution in [3.05, 3.63) is 28.8 Å².